The molecule has 78 valence electrons. The summed E-state index contributed by atoms with van der Waals surface area (Å²) in [7, 11) is 0. The maximum absolute atomic E-state index is 12.0. The summed E-state index contributed by atoms with van der Waals surface area (Å²) in [5, 5.41) is 3.35. The summed E-state index contributed by atoms with van der Waals surface area (Å²) >= 11 is 0. The Bertz CT molecular complexity index is 124. The molecule has 1 N–H and O–H groups in total. The van der Waals surface area contributed by atoms with Crippen LogP contribution in [0, 0.1) is 0 Å². The smallest absolute Gasteiger partial charge is 0.0906 e. The van der Waals surface area contributed by atoms with Crippen molar-refractivity contribution in [3.63, 3.8) is 0 Å². The van der Waals surface area contributed by atoms with E-state index in [1.54, 1.807) is 0 Å². The molecule has 1 aliphatic heterocycles. The second-order valence-corrected chi connectivity index (χ2v) is 3.65. The predicted octanol–water partition coefficient (Wildman–Crippen LogP) is 1.42. The minimum absolute atomic E-state index is 0.179. The van der Waals surface area contributed by atoms with E-state index >= 15 is 0 Å². The molecule has 0 aromatic heterocycles. The molecule has 0 saturated carbocycles. The molecular formula is C10H21FN2. The number of hydrogen-bond donors (Lipinski definition) is 1. The lowest BCUT2D eigenvalue weighted by Gasteiger charge is -2.33. The van der Waals surface area contributed by atoms with E-state index in [1.807, 2.05) is 0 Å². The highest BCUT2D eigenvalue weighted by Crippen LogP contribution is 2.11. The maximum atomic E-state index is 12.0. The molecule has 1 aliphatic rings. The Kier molecular flexibility index (Phi) is 5.32. The van der Waals surface area contributed by atoms with E-state index in [0.29, 0.717) is 12.5 Å². The largest absolute Gasteiger partial charge is 0.317 e. The Morgan fingerprint density at radius 1 is 1.38 bits per heavy atom. The quantitative estimate of drug-likeness (QED) is 0.702. The molecular weight excluding hydrogens is 167 g/mol. The zero-order valence-electron chi connectivity index (χ0n) is 8.56. The van der Waals surface area contributed by atoms with Crippen LogP contribution >= 0.6 is 0 Å². The molecule has 0 amide bonds. The van der Waals surface area contributed by atoms with Crippen LogP contribution < -0.4 is 5.32 Å². The summed E-state index contributed by atoms with van der Waals surface area (Å²) in [6, 6.07) is 0.692. The summed E-state index contributed by atoms with van der Waals surface area (Å²) in [6.45, 7) is 6.22. The maximum Gasteiger partial charge on any atom is 0.0906 e. The first-order valence-corrected chi connectivity index (χ1v) is 5.39. The fourth-order valence-corrected chi connectivity index (χ4v) is 2.03. The third kappa shape index (κ3) is 3.61. The zero-order chi connectivity index (χ0) is 9.52. The first kappa shape index (κ1) is 10.9. The normalized spacial score (nSPS) is 19.6. The average Bonchev–Trinajstić information content (AvgIpc) is 2.21. The van der Waals surface area contributed by atoms with Crippen molar-refractivity contribution >= 4 is 0 Å². The number of hydrogen-bond acceptors (Lipinski definition) is 2. The van der Waals surface area contributed by atoms with Gasteiger partial charge in [-0.25, -0.2) is 0 Å². The molecule has 0 aromatic rings. The van der Waals surface area contributed by atoms with Crippen LogP contribution in [0.15, 0.2) is 0 Å². The molecule has 1 saturated heterocycles. The fraction of sp³-hybridized carbons (Fsp3) is 1.00. The van der Waals surface area contributed by atoms with E-state index in [2.05, 4.69) is 17.1 Å². The second kappa shape index (κ2) is 6.33. The van der Waals surface area contributed by atoms with Crippen molar-refractivity contribution in [1.29, 1.82) is 0 Å². The highest BCUT2D eigenvalue weighted by Gasteiger charge is 2.18. The van der Waals surface area contributed by atoms with Gasteiger partial charge in [-0.05, 0) is 38.9 Å². The van der Waals surface area contributed by atoms with Gasteiger partial charge in [-0.1, -0.05) is 6.92 Å². The lowest BCUT2D eigenvalue weighted by Crippen LogP contribution is -2.43. The number of halogens is 1. The number of nitrogens with zero attached hydrogens (tertiary/aromatic N) is 1. The van der Waals surface area contributed by atoms with Gasteiger partial charge in [-0.3, -0.25) is 4.39 Å². The minimum atomic E-state index is -0.179. The Morgan fingerprint density at radius 2 is 2.08 bits per heavy atom. The summed E-state index contributed by atoms with van der Waals surface area (Å²) in [6.07, 6.45) is 3.14. The van der Waals surface area contributed by atoms with Crippen LogP contribution in [-0.2, 0) is 0 Å². The highest BCUT2D eigenvalue weighted by atomic mass is 19.1. The van der Waals surface area contributed by atoms with Gasteiger partial charge in [0.15, 0.2) is 0 Å². The van der Waals surface area contributed by atoms with E-state index < -0.39 is 0 Å². The van der Waals surface area contributed by atoms with Crippen LogP contribution in [0.1, 0.15) is 26.2 Å². The van der Waals surface area contributed by atoms with Gasteiger partial charge in [0.2, 0.25) is 0 Å². The molecule has 2 nitrogen and oxygen atoms in total. The van der Waals surface area contributed by atoms with E-state index in [4.69, 9.17) is 0 Å². The molecule has 1 heterocycles. The summed E-state index contributed by atoms with van der Waals surface area (Å²) in [4.78, 5) is 2.42. The van der Waals surface area contributed by atoms with E-state index in [1.165, 1.54) is 12.8 Å². The van der Waals surface area contributed by atoms with Gasteiger partial charge < -0.3 is 10.2 Å². The lowest BCUT2D eigenvalue weighted by molar-refractivity contribution is 0.164. The van der Waals surface area contributed by atoms with Crippen molar-refractivity contribution in [3.05, 3.63) is 0 Å². The minimum Gasteiger partial charge on any atom is -0.317 e. The first-order valence-electron chi connectivity index (χ1n) is 5.39. The van der Waals surface area contributed by atoms with Crippen LogP contribution in [0.5, 0.6) is 0 Å². The standard InChI is InChI=1S/C10H21FN2/c1-2-13(9-3-6-11)10-4-7-12-8-5-10/h10,12H,2-9H2,1H3. The van der Waals surface area contributed by atoms with Gasteiger partial charge in [0.1, 0.15) is 0 Å². The third-order valence-corrected chi connectivity index (χ3v) is 2.81. The molecule has 0 spiro atoms. The van der Waals surface area contributed by atoms with Crippen LogP contribution in [0.2, 0.25) is 0 Å². The van der Waals surface area contributed by atoms with Crippen LogP contribution in [0.3, 0.4) is 0 Å². The Labute approximate surface area is 80.5 Å². The van der Waals surface area contributed by atoms with Crippen molar-refractivity contribution in [2.45, 2.75) is 32.2 Å². The Balaban J connectivity index is 2.26. The van der Waals surface area contributed by atoms with Crippen LogP contribution in [0.4, 0.5) is 4.39 Å². The molecule has 1 fully saturated rings. The SMILES string of the molecule is CCN(CCCF)C1CCNCC1. The van der Waals surface area contributed by atoms with Crippen molar-refractivity contribution in [2.75, 3.05) is 32.9 Å². The highest BCUT2D eigenvalue weighted by molar-refractivity contribution is 4.76. The molecule has 0 atom stereocenters. The topological polar surface area (TPSA) is 15.3 Å². The van der Waals surface area contributed by atoms with Gasteiger partial charge in [0, 0.05) is 12.6 Å². The number of rotatable bonds is 5. The second-order valence-electron chi connectivity index (χ2n) is 3.65. The molecule has 0 bridgehead atoms. The van der Waals surface area contributed by atoms with Crippen molar-refractivity contribution < 1.29 is 4.39 Å². The summed E-state index contributed by atoms with van der Waals surface area (Å²) < 4.78 is 12.0. The third-order valence-electron chi connectivity index (χ3n) is 2.81. The number of alkyl halides is 1. The van der Waals surface area contributed by atoms with Crippen LogP contribution in [-0.4, -0.2) is 43.8 Å². The van der Waals surface area contributed by atoms with Crippen LogP contribution in [0.25, 0.3) is 0 Å². The monoisotopic (exact) mass is 188 g/mol. The van der Waals surface area contributed by atoms with E-state index in [9.17, 15) is 4.39 Å². The Hall–Kier alpha value is -0.150. The molecule has 3 heteroatoms. The van der Waals surface area contributed by atoms with Crippen molar-refractivity contribution in [1.82, 2.24) is 10.2 Å². The molecule has 0 aliphatic carbocycles. The Morgan fingerprint density at radius 3 is 2.62 bits per heavy atom. The number of piperidine rings is 1. The van der Waals surface area contributed by atoms with Gasteiger partial charge >= 0.3 is 0 Å². The lowest BCUT2D eigenvalue weighted by atomic mass is 10.0. The van der Waals surface area contributed by atoms with Gasteiger partial charge in [0.25, 0.3) is 0 Å². The number of nitrogens with one attached hydrogen (secondary N) is 1. The average molecular weight is 188 g/mol. The molecule has 0 aromatic carbocycles. The predicted molar refractivity (Wildman–Crippen MR) is 53.7 cm³/mol. The van der Waals surface area contributed by atoms with Crippen molar-refractivity contribution in [2.24, 2.45) is 0 Å². The van der Waals surface area contributed by atoms with Crippen molar-refractivity contribution in [3.8, 4) is 0 Å². The van der Waals surface area contributed by atoms with Gasteiger partial charge in [0.05, 0.1) is 6.67 Å². The van der Waals surface area contributed by atoms with E-state index in [0.717, 1.165) is 26.2 Å². The molecule has 13 heavy (non-hydrogen) atoms. The summed E-state index contributed by atoms with van der Waals surface area (Å²) in [5.74, 6) is 0. The molecule has 0 unspecified atom stereocenters. The van der Waals surface area contributed by atoms with Gasteiger partial charge in [-0.2, -0.15) is 0 Å². The first-order chi connectivity index (χ1) is 6.38. The van der Waals surface area contributed by atoms with E-state index in [-0.39, 0.29) is 6.67 Å². The molecule has 1 rings (SSSR count). The fourth-order valence-electron chi connectivity index (χ4n) is 2.03. The summed E-state index contributed by atoms with van der Waals surface area (Å²) in [5.41, 5.74) is 0. The molecule has 0 radical (unpaired) electrons. The van der Waals surface area contributed by atoms with Gasteiger partial charge in [-0.15, -0.1) is 0 Å². The zero-order valence-corrected chi connectivity index (χ0v) is 8.56.